The molecule has 1 aromatic heterocycles. The first kappa shape index (κ1) is 13.8. The molecule has 2 rings (SSSR count). The van der Waals surface area contributed by atoms with Gasteiger partial charge in [0.1, 0.15) is 0 Å². The highest BCUT2D eigenvalue weighted by atomic mass is 79.9. The van der Waals surface area contributed by atoms with Crippen LogP contribution in [0.1, 0.15) is 19.3 Å². The lowest BCUT2D eigenvalue weighted by atomic mass is 10.1. The molecule has 5 heteroatoms. The predicted octanol–water partition coefficient (Wildman–Crippen LogP) is 3.85. The average Bonchev–Trinajstić information content (AvgIpc) is 2.94. The lowest BCUT2D eigenvalue weighted by Gasteiger charge is -2.05. The van der Waals surface area contributed by atoms with E-state index in [0.29, 0.717) is 6.42 Å². The molecule has 1 aromatic carbocycles. The number of rotatable bonds is 6. The molecule has 0 aliphatic carbocycles. The van der Waals surface area contributed by atoms with Crippen molar-refractivity contribution in [2.75, 3.05) is 10.6 Å². The van der Waals surface area contributed by atoms with Crippen LogP contribution in [0.15, 0.2) is 41.3 Å². The Morgan fingerprint density at radius 1 is 1.26 bits per heavy atom. The van der Waals surface area contributed by atoms with E-state index in [-0.39, 0.29) is 5.91 Å². The van der Waals surface area contributed by atoms with Gasteiger partial charge in [0.15, 0.2) is 12.2 Å². The zero-order chi connectivity index (χ0) is 13.5. The van der Waals surface area contributed by atoms with Crippen molar-refractivity contribution in [3.63, 3.8) is 0 Å². The van der Waals surface area contributed by atoms with Crippen LogP contribution < -0.4 is 5.32 Å². The van der Waals surface area contributed by atoms with Crippen molar-refractivity contribution in [2.24, 2.45) is 0 Å². The topological polar surface area (TPSA) is 55.1 Å². The summed E-state index contributed by atoms with van der Waals surface area (Å²) in [5, 5.41) is 3.81. The number of oxazole rings is 1. The number of alkyl halides is 1. The number of aromatic nitrogens is 1. The smallest absolute Gasteiger partial charge is 0.224 e. The van der Waals surface area contributed by atoms with Gasteiger partial charge in [-0.25, -0.2) is 4.98 Å². The average molecular weight is 323 g/mol. The molecule has 1 heterocycles. The van der Waals surface area contributed by atoms with Gasteiger partial charge in [-0.15, -0.1) is 0 Å². The second-order valence-electron chi connectivity index (χ2n) is 4.14. The summed E-state index contributed by atoms with van der Waals surface area (Å²) in [6, 6.07) is 7.52. The number of benzene rings is 1. The van der Waals surface area contributed by atoms with Crippen LogP contribution in [-0.4, -0.2) is 16.2 Å². The van der Waals surface area contributed by atoms with Crippen molar-refractivity contribution >= 4 is 27.5 Å². The Hall–Kier alpha value is -1.62. The van der Waals surface area contributed by atoms with Gasteiger partial charge in [0.2, 0.25) is 5.91 Å². The van der Waals surface area contributed by atoms with Crippen LogP contribution in [0.2, 0.25) is 0 Å². The standard InChI is InChI=1S/C14H15BrN2O2/c15-8-2-1-3-14(18)17-12-6-4-11(5-7-12)13-9-16-10-19-13/h4-7,9-10H,1-3,8H2,(H,17,18). The molecule has 0 unspecified atom stereocenters. The second-order valence-corrected chi connectivity index (χ2v) is 4.93. The largest absolute Gasteiger partial charge is 0.444 e. The predicted molar refractivity (Wildman–Crippen MR) is 78.2 cm³/mol. The fourth-order valence-electron chi connectivity index (χ4n) is 1.68. The Kier molecular flexibility index (Phi) is 5.15. The maximum absolute atomic E-state index is 11.6. The SMILES string of the molecule is O=C(CCCCBr)Nc1ccc(-c2cnco2)cc1. The molecule has 4 nitrogen and oxygen atoms in total. The molecule has 2 aromatic rings. The number of halogens is 1. The van der Waals surface area contributed by atoms with Gasteiger partial charge >= 0.3 is 0 Å². The Labute approximate surface area is 120 Å². The van der Waals surface area contributed by atoms with Crippen LogP contribution in [0, 0.1) is 0 Å². The van der Waals surface area contributed by atoms with Crippen molar-refractivity contribution in [1.29, 1.82) is 0 Å². The second kappa shape index (κ2) is 7.09. The van der Waals surface area contributed by atoms with E-state index >= 15 is 0 Å². The Balaban J connectivity index is 1.90. The monoisotopic (exact) mass is 322 g/mol. The van der Waals surface area contributed by atoms with Crippen molar-refractivity contribution in [2.45, 2.75) is 19.3 Å². The summed E-state index contributed by atoms with van der Waals surface area (Å²) in [5.74, 6) is 0.767. The number of hydrogen-bond donors (Lipinski definition) is 1. The van der Waals surface area contributed by atoms with Crippen LogP contribution in [0.5, 0.6) is 0 Å². The van der Waals surface area contributed by atoms with Crippen molar-refractivity contribution in [3.05, 3.63) is 36.9 Å². The molecule has 19 heavy (non-hydrogen) atoms. The number of hydrogen-bond acceptors (Lipinski definition) is 3. The summed E-state index contributed by atoms with van der Waals surface area (Å²) in [7, 11) is 0. The Morgan fingerprint density at radius 2 is 2.05 bits per heavy atom. The van der Waals surface area contributed by atoms with E-state index in [0.717, 1.165) is 35.2 Å². The molecule has 0 saturated heterocycles. The van der Waals surface area contributed by atoms with Gasteiger partial charge < -0.3 is 9.73 Å². The molecule has 0 aliphatic heterocycles. The third-order valence-electron chi connectivity index (χ3n) is 2.67. The highest BCUT2D eigenvalue weighted by molar-refractivity contribution is 9.09. The van der Waals surface area contributed by atoms with Crippen LogP contribution in [0.4, 0.5) is 5.69 Å². The van der Waals surface area contributed by atoms with Gasteiger partial charge in [0, 0.05) is 23.0 Å². The molecule has 0 spiro atoms. The molecule has 1 amide bonds. The first-order valence-electron chi connectivity index (χ1n) is 6.14. The molecule has 0 atom stereocenters. The zero-order valence-electron chi connectivity index (χ0n) is 10.4. The summed E-state index contributed by atoms with van der Waals surface area (Å²) in [6.07, 6.45) is 5.52. The lowest BCUT2D eigenvalue weighted by Crippen LogP contribution is -2.10. The number of nitrogens with one attached hydrogen (secondary N) is 1. The van der Waals surface area contributed by atoms with Gasteiger partial charge in [0.25, 0.3) is 0 Å². The van der Waals surface area contributed by atoms with Gasteiger partial charge in [-0.3, -0.25) is 4.79 Å². The van der Waals surface area contributed by atoms with Gasteiger partial charge in [-0.2, -0.15) is 0 Å². The number of carbonyl (C=O) groups excluding carboxylic acids is 1. The molecule has 0 saturated carbocycles. The summed E-state index contributed by atoms with van der Waals surface area (Å²) < 4.78 is 5.20. The number of nitrogens with zero attached hydrogens (tertiary/aromatic N) is 1. The lowest BCUT2D eigenvalue weighted by molar-refractivity contribution is -0.116. The molecule has 0 aliphatic rings. The zero-order valence-corrected chi connectivity index (χ0v) is 12.0. The maximum Gasteiger partial charge on any atom is 0.224 e. The van der Waals surface area contributed by atoms with Crippen LogP contribution in [0.3, 0.4) is 0 Å². The highest BCUT2D eigenvalue weighted by Crippen LogP contribution is 2.20. The van der Waals surface area contributed by atoms with E-state index in [1.807, 2.05) is 24.3 Å². The third-order valence-corrected chi connectivity index (χ3v) is 3.23. The third kappa shape index (κ3) is 4.21. The number of amides is 1. The number of unbranched alkanes of at least 4 members (excludes halogenated alkanes) is 1. The number of carbonyl (C=O) groups is 1. The maximum atomic E-state index is 11.6. The number of anilines is 1. The molecule has 100 valence electrons. The summed E-state index contributed by atoms with van der Waals surface area (Å²) in [5.41, 5.74) is 1.74. The highest BCUT2D eigenvalue weighted by Gasteiger charge is 2.04. The van der Waals surface area contributed by atoms with E-state index in [2.05, 4.69) is 26.2 Å². The molecule has 1 N–H and O–H groups in total. The summed E-state index contributed by atoms with van der Waals surface area (Å²) in [6.45, 7) is 0. The first-order chi connectivity index (χ1) is 9.29. The van der Waals surface area contributed by atoms with Crippen molar-refractivity contribution < 1.29 is 9.21 Å². The fraction of sp³-hybridized carbons (Fsp3) is 0.286. The van der Waals surface area contributed by atoms with Gasteiger partial charge in [0.05, 0.1) is 6.20 Å². The van der Waals surface area contributed by atoms with Crippen LogP contribution in [0.25, 0.3) is 11.3 Å². The Bertz CT molecular complexity index is 509. The molecule has 0 bridgehead atoms. The molecular weight excluding hydrogens is 308 g/mol. The van der Waals surface area contributed by atoms with Gasteiger partial charge in [-0.1, -0.05) is 15.9 Å². The van der Waals surface area contributed by atoms with Crippen LogP contribution >= 0.6 is 15.9 Å². The molecular formula is C14H15BrN2O2. The van der Waals surface area contributed by atoms with Crippen molar-refractivity contribution in [3.8, 4) is 11.3 Å². The van der Waals surface area contributed by atoms with E-state index in [1.165, 1.54) is 6.39 Å². The summed E-state index contributed by atoms with van der Waals surface area (Å²) >= 11 is 3.35. The Morgan fingerprint density at radius 3 is 2.68 bits per heavy atom. The molecule has 0 fully saturated rings. The first-order valence-corrected chi connectivity index (χ1v) is 7.26. The van der Waals surface area contributed by atoms with Crippen LogP contribution in [-0.2, 0) is 4.79 Å². The van der Waals surface area contributed by atoms with E-state index < -0.39 is 0 Å². The van der Waals surface area contributed by atoms with E-state index in [9.17, 15) is 4.79 Å². The minimum atomic E-state index is 0.0494. The fourth-order valence-corrected chi connectivity index (χ4v) is 2.08. The molecule has 0 radical (unpaired) electrons. The minimum Gasteiger partial charge on any atom is -0.444 e. The van der Waals surface area contributed by atoms with Gasteiger partial charge in [-0.05, 0) is 37.1 Å². The quantitative estimate of drug-likeness (QED) is 0.649. The van der Waals surface area contributed by atoms with E-state index in [4.69, 9.17) is 4.42 Å². The van der Waals surface area contributed by atoms with Crippen molar-refractivity contribution in [1.82, 2.24) is 4.98 Å². The van der Waals surface area contributed by atoms with E-state index in [1.54, 1.807) is 6.20 Å². The summed E-state index contributed by atoms with van der Waals surface area (Å²) in [4.78, 5) is 15.5. The minimum absolute atomic E-state index is 0.0494. The normalized spacial score (nSPS) is 10.4.